The van der Waals surface area contributed by atoms with Crippen molar-refractivity contribution >= 4 is 17.7 Å². The Hall–Kier alpha value is -1.51. The fourth-order valence-electron chi connectivity index (χ4n) is 0.691. The number of hydrogen-bond acceptors (Lipinski definition) is 2. The monoisotopic (exact) mass is 135 g/mol. The zero-order valence-electron chi connectivity index (χ0n) is 5.49. The highest BCUT2D eigenvalue weighted by Crippen LogP contribution is 2.13. The van der Waals surface area contributed by atoms with Gasteiger partial charge in [-0.15, -0.1) is 0 Å². The van der Waals surface area contributed by atoms with Crippen molar-refractivity contribution in [3.05, 3.63) is 24.3 Å². The molecule has 1 aromatic carbocycles. The van der Waals surface area contributed by atoms with Gasteiger partial charge in [0.25, 0.3) is 0 Å². The van der Waals surface area contributed by atoms with Crippen LogP contribution in [0.3, 0.4) is 0 Å². The summed E-state index contributed by atoms with van der Waals surface area (Å²) in [5, 5.41) is 0. The average molecular weight is 135 g/mol. The van der Waals surface area contributed by atoms with E-state index in [1.165, 1.54) is 6.34 Å². The number of nitrogens with zero attached hydrogens (tertiary/aromatic N) is 1. The first kappa shape index (κ1) is 6.61. The second kappa shape index (κ2) is 2.87. The van der Waals surface area contributed by atoms with Crippen LogP contribution in [0.1, 0.15) is 0 Å². The van der Waals surface area contributed by atoms with Crippen molar-refractivity contribution in [3.8, 4) is 0 Å². The minimum absolute atomic E-state index is 0.697. The second-order valence-electron chi connectivity index (χ2n) is 1.87. The molecule has 0 saturated heterocycles. The first-order valence-electron chi connectivity index (χ1n) is 2.93. The molecule has 0 radical (unpaired) electrons. The number of anilines is 1. The van der Waals surface area contributed by atoms with Gasteiger partial charge in [-0.05, 0) is 18.2 Å². The molecule has 10 heavy (non-hydrogen) atoms. The van der Waals surface area contributed by atoms with Crippen molar-refractivity contribution in [2.45, 2.75) is 0 Å². The van der Waals surface area contributed by atoms with E-state index in [-0.39, 0.29) is 0 Å². The molecular formula is C7H9N3. The van der Waals surface area contributed by atoms with Gasteiger partial charge in [-0.2, -0.15) is 0 Å². The topological polar surface area (TPSA) is 64.4 Å². The maximum absolute atomic E-state index is 5.47. The Morgan fingerprint density at radius 2 is 2.20 bits per heavy atom. The summed E-state index contributed by atoms with van der Waals surface area (Å²) >= 11 is 0. The molecule has 0 atom stereocenters. The van der Waals surface area contributed by atoms with Gasteiger partial charge in [-0.3, -0.25) is 0 Å². The van der Waals surface area contributed by atoms with Crippen LogP contribution >= 0.6 is 0 Å². The summed E-state index contributed by atoms with van der Waals surface area (Å²) in [4.78, 5) is 3.84. The molecule has 0 spiro atoms. The molecule has 0 aliphatic carbocycles. The Morgan fingerprint density at radius 1 is 1.40 bits per heavy atom. The van der Waals surface area contributed by atoms with Gasteiger partial charge in [0.15, 0.2) is 0 Å². The Bertz CT molecular complexity index is 242. The molecule has 1 aromatic rings. The third-order valence-corrected chi connectivity index (χ3v) is 1.09. The molecule has 3 heteroatoms. The predicted octanol–water partition coefficient (Wildman–Crippen LogP) is 0.887. The largest absolute Gasteiger partial charge is 0.399 e. The van der Waals surface area contributed by atoms with Crippen LogP contribution in [0.15, 0.2) is 29.3 Å². The van der Waals surface area contributed by atoms with E-state index in [1.807, 2.05) is 12.1 Å². The summed E-state index contributed by atoms with van der Waals surface area (Å²) in [6.07, 6.45) is 1.24. The summed E-state index contributed by atoms with van der Waals surface area (Å²) in [6.45, 7) is 0. The lowest BCUT2D eigenvalue weighted by molar-refractivity contribution is 1.51. The molecular weight excluding hydrogens is 126 g/mol. The molecule has 0 bridgehead atoms. The average Bonchev–Trinajstić information content (AvgIpc) is 1.88. The summed E-state index contributed by atoms with van der Waals surface area (Å²) in [6, 6.07) is 7.22. The molecule has 0 aromatic heterocycles. The van der Waals surface area contributed by atoms with Gasteiger partial charge in [0.1, 0.15) is 0 Å². The van der Waals surface area contributed by atoms with E-state index in [0.717, 1.165) is 5.69 Å². The van der Waals surface area contributed by atoms with Gasteiger partial charge < -0.3 is 11.5 Å². The minimum Gasteiger partial charge on any atom is -0.399 e. The summed E-state index contributed by atoms with van der Waals surface area (Å²) in [5.74, 6) is 0. The first-order chi connectivity index (χ1) is 4.83. The normalized spacial score (nSPS) is 10.4. The van der Waals surface area contributed by atoms with E-state index >= 15 is 0 Å². The number of hydrogen-bond donors (Lipinski definition) is 2. The van der Waals surface area contributed by atoms with Crippen LogP contribution in [0.5, 0.6) is 0 Å². The van der Waals surface area contributed by atoms with E-state index in [1.54, 1.807) is 12.1 Å². The van der Waals surface area contributed by atoms with Crippen LogP contribution in [-0.2, 0) is 0 Å². The number of benzene rings is 1. The molecule has 0 fully saturated rings. The van der Waals surface area contributed by atoms with E-state index in [4.69, 9.17) is 11.5 Å². The molecule has 0 unspecified atom stereocenters. The molecule has 1 rings (SSSR count). The van der Waals surface area contributed by atoms with Gasteiger partial charge in [0.2, 0.25) is 0 Å². The Morgan fingerprint density at radius 3 is 2.80 bits per heavy atom. The Balaban J connectivity index is 2.95. The van der Waals surface area contributed by atoms with E-state index in [9.17, 15) is 0 Å². The van der Waals surface area contributed by atoms with Gasteiger partial charge in [-0.25, -0.2) is 4.99 Å². The SMILES string of the molecule is NC=Nc1cccc(N)c1. The molecule has 0 amide bonds. The fraction of sp³-hybridized carbons (Fsp3) is 0. The van der Waals surface area contributed by atoms with Gasteiger partial charge >= 0.3 is 0 Å². The third-order valence-electron chi connectivity index (χ3n) is 1.09. The van der Waals surface area contributed by atoms with Crippen molar-refractivity contribution in [1.29, 1.82) is 0 Å². The third kappa shape index (κ3) is 1.48. The van der Waals surface area contributed by atoms with Crippen molar-refractivity contribution in [1.82, 2.24) is 0 Å². The van der Waals surface area contributed by atoms with Gasteiger partial charge in [0, 0.05) is 5.69 Å². The number of nitrogen functional groups attached to an aromatic ring is 1. The lowest BCUT2D eigenvalue weighted by atomic mass is 10.3. The zero-order valence-corrected chi connectivity index (χ0v) is 5.49. The molecule has 0 heterocycles. The lowest BCUT2D eigenvalue weighted by Gasteiger charge is -1.92. The highest BCUT2D eigenvalue weighted by Gasteiger charge is 1.86. The number of nitrogens with two attached hydrogens (primary N) is 2. The number of aliphatic imine (C=N–C) groups is 1. The van der Waals surface area contributed by atoms with Gasteiger partial charge in [0.05, 0.1) is 12.0 Å². The van der Waals surface area contributed by atoms with E-state index < -0.39 is 0 Å². The maximum atomic E-state index is 5.47. The molecule has 52 valence electrons. The zero-order chi connectivity index (χ0) is 7.40. The van der Waals surface area contributed by atoms with Crippen LogP contribution in [0, 0.1) is 0 Å². The molecule has 4 N–H and O–H groups in total. The van der Waals surface area contributed by atoms with Crippen LogP contribution in [0.4, 0.5) is 11.4 Å². The highest BCUT2D eigenvalue weighted by molar-refractivity contribution is 5.61. The van der Waals surface area contributed by atoms with E-state index in [2.05, 4.69) is 4.99 Å². The Kier molecular flexibility index (Phi) is 1.89. The number of rotatable bonds is 1. The van der Waals surface area contributed by atoms with Crippen molar-refractivity contribution in [2.75, 3.05) is 5.73 Å². The quantitative estimate of drug-likeness (QED) is 0.341. The minimum atomic E-state index is 0.697. The van der Waals surface area contributed by atoms with Crippen LogP contribution in [-0.4, -0.2) is 6.34 Å². The maximum Gasteiger partial charge on any atom is 0.0860 e. The van der Waals surface area contributed by atoms with Crippen molar-refractivity contribution < 1.29 is 0 Å². The predicted molar refractivity (Wildman–Crippen MR) is 43.2 cm³/mol. The lowest BCUT2D eigenvalue weighted by Crippen LogP contribution is -1.87. The van der Waals surface area contributed by atoms with Crippen molar-refractivity contribution in [2.24, 2.45) is 10.7 Å². The molecule has 0 saturated carbocycles. The van der Waals surface area contributed by atoms with E-state index in [0.29, 0.717) is 5.69 Å². The summed E-state index contributed by atoms with van der Waals surface area (Å²) < 4.78 is 0. The Labute approximate surface area is 59.4 Å². The molecule has 3 nitrogen and oxygen atoms in total. The standard InChI is InChI=1S/C7H9N3/c8-5-10-7-3-1-2-6(9)4-7/h1-5H,9H2,(H2,8,10). The summed E-state index contributed by atoms with van der Waals surface area (Å²) in [7, 11) is 0. The van der Waals surface area contributed by atoms with Crippen molar-refractivity contribution in [3.63, 3.8) is 0 Å². The molecule has 0 aliphatic heterocycles. The highest BCUT2D eigenvalue weighted by atomic mass is 14.8. The summed E-state index contributed by atoms with van der Waals surface area (Å²) in [5.41, 5.74) is 12.0. The van der Waals surface area contributed by atoms with Crippen LogP contribution in [0.25, 0.3) is 0 Å². The van der Waals surface area contributed by atoms with Crippen LogP contribution in [0.2, 0.25) is 0 Å². The smallest absolute Gasteiger partial charge is 0.0860 e. The first-order valence-corrected chi connectivity index (χ1v) is 2.93. The second-order valence-corrected chi connectivity index (χ2v) is 1.87. The van der Waals surface area contributed by atoms with Gasteiger partial charge in [-0.1, -0.05) is 6.07 Å². The molecule has 0 aliphatic rings. The van der Waals surface area contributed by atoms with Crippen LogP contribution < -0.4 is 11.5 Å². The fourth-order valence-corrected chi connectivity index (χ4v) is 0.691.